The molecule has 0 heterocycles. The van der Waals surface area contributed by atoms with E-state index < -0.39 is 0 Å². The molecule has 3 heteroatoms. The molecular weight excluding hydrogens is 329 g/mol. The van der Waals surface area contributed by atoms with Crippen LogP contribution in [0.4, 0.5) is 4.39 Å². The number of halogens is 2. The summed E-state index contributed by atoms with van der Waals surface area (Å²) >= 11 is 3.39. The summed E-state index contributed by atoms with van der Waals surface area (Å²) in [5.41, 5.74) is 9.83. The number of hydrogen-bond acceptors (Lipinski definition) is 1. The molecule has 2 rings (SSSR count). The Bertz CT molecular complexity index is 614. The van der Waals surface area contributed by atoms with Gasteiger partial charge in [-0.1, -0.05) is 67.0 Å². The molecule has 21 heavy (non-hydrogen) atoms. The summed E-state index contributed by atoms with van der Waals surface area (Å²) in [6.07, 6.45) is 0.676. The van der Waals surface area contributed by atoms with Crippen LogP contribution >= 0.6 is 15.9 Å². The second-order valence-electron chi connectivity index (χ2n) is 6.42. The van der Waals surface area contributed by atoms with E-state index in [9.17, 15) is 4.39 Å². The maximum absolute atomic E-state index is 13.1. The Morgan fingerprint density at radius 1 is 1.10 bits per heavy atom. The van der Waals surface area contributed by atoms with Crippen LogP contribution in [0.5, 0.6) is 0 Å². The van der Waals surface area contributed by atoms with Crippen molar-refractivity contribution in [3.8, 4) is 0 Å². The first-order chi connectivity index (χ1) is 9.77. The van der Waals surface area contributed by atoms with Crippen molar-refractivity contribution in [2.45, 2.75) is 38.6 Å². The highest BCUT2D eigenvalue weighted by molar-refractivity contribution is 9.10. The number of hydrogen-bond donors (Lipinski definition) is 1. The Balaban J connectivity index is 2.15. The topological polar surface area (TPSA) is 26.0 Å². The zero-order valence-electron chi connectivity index (χ0n) is 12.7. The van der Waals surface area contributed by atoms with E-state index >= 15 is 0 Å². The van der Waals surface area contributed by atoms with Crippen molar-refractivity contribution in [1.29, 1.82) is 0 Å². The summed E-state index contributed by atoms with van der Waals surface area (Å²) in [6.45, 7) is 6.58. The van der Waals surface area contributed by atoms with Crippen LogP contribution in [-0.2, 0) is 11.8 Å². The minimum absolute atomic E-state index is 0.0965. The first-order valence-corrected chi connectivity index (χ1v) is 7.86. The summed E-state index contributed by atoms with van der Waals surface area (Å²) in [5, 5.41) is 0. The molecular formula is C18H21BrFN. The summed E-state index contributed by atoms with van der Waals surface area (Å²) in [5.74, 6) is -0.242. The molecule has 0 radical (unpaired) electrons. The number of rotatable bonds is 3. The molecule has 1 atom stereocenters. The summed E-state index contributed by atoms with van der Waals surface area (Å²) in [6, 6.07) is 13.1. The lowest BCUT2D eigenvalue weighted by Crippen LogP contribution is -2.15. The van der Waals surface area contributed by atoms with Gasteiger partial charge >= 0.3 is 0 Å². The Morgan fingerprint density at radius 2 is 1.71 bits per heavy atom. The fourth-order valence-electron chi connectivity index (χ4n) is 2.27. The molecule has 1 unspecified atom stereocenters. The number of benzene rings is 2. The van der Waals surface area contributed by atoms with E-state index in [1.165, 1.54) is 17.7 Å². The van der Waals surface area contributed by atoms with E-state index in [4.69, 9.17) is 5.73 Å². The Kier molecular flexibility index (Phi) is 4.84. The predicted molar refractivity (Wildman–Crippen MR) is 89.9 cm³/mol. The normalized spacial score (nSPS) is 13.2. The SMILES string of the molecule is CC(C)(C)c1ccc(C(N)Cc2ccc(F)cc2Br)cc1. The van der Waals surface area contributed by atoms with E-state index in [-0.39, 0.29) is 17.3 Å². The van der Waals surface area contributed by atoms with Gasteiger partial charge in [0.05, 0.1) is 0 Å². The third kappa shape index (κ3) is 4.14. The third-order valence-corrected chi connectivity index (χ3v) is 4.40. The second kappa shape index (κ2) is 6.29. The zero-order chi connectivity index (χ0) is 15.6. The summed E-state index contributed by atoms with van der Waals surface area (Å²) in [4.78, 5) is 0. The van der Waals surface area contributed by atoms with Crippen LogP contribution in [0.3, 0.4) is 0 Å². The van der Waals surface area contributed by atoms with Crippen LogP contribution in [0, 0.1) is 5.82 Å². The van der Waals surface area contributed by atoms with Crippen molar-refractivity contribution < 1.29 is 4.39 Å². The van der Waals surface area contributed by atoms with E-state index in [1.807, 2.05) is 0 Å². The molecule has 0 aliphatic carbocycles. The molecule has 0 amide bonds. The first-order valence-electron chi connectivity index (χ1n) is 7.07. The highest BCUT2D eigenvalue weighted by Gasteiger charge is 2.15. The highest BCUT2D eigenvalue weighted by atomic mass is 79.9. The zero-order valence-corrected chi connectivity index (χ0v) is 14.2. The average molecular weight is 350 g/mol. The van der Waals surface area contributed by atoms with Crippen molar-refractivity contribution in [3.05, 3.63) is 69.4 Å². The molecule has 0 aliphatic heterocycles. The van der Waals surface area contributed by atoms with Gasteiger partial charge in [-0.15, -0.1) is 0 Å². The van der Waals surface area contributed by atoms with Crippen LogP contribution in [0.1, 0.15) is 43.5 Å². The van der Waals surface area contributed by atoms with E-state index in [0.29, 0.717) is 6.42 Å². The van der Waals surface area contributed by atoms with Gasteiger partial charge in [0.2, 0.25) is 0 Å². The molecule has 112 valence electrons. The lowest BCUT2D eigenvalue weighted by Gasteiger charge is -2.20. The second-order valence-corrected chi connectivity index (χ2v) is 7.27. The maximum atomic E-state index is 13.1. The van der Waals surface area contributed by atoms with Gasteiger partial charge < -0.3 is 5.73 Å². The van der Waals surface area contributed by atoms with Gasteiger partial charge in [-0.2, -0.15) is 0 Å². The summed E-state index contributed by atoms with van der Waals surface area (Å²) < 4.78 is 13.9. The van der Waals surface area contributed by atoms with Gasteiger partial charge in [0.25, 0.3) is 0 Å². The average Bonchev–Trinajstić information content (AvgIpc) is 2.41. The van der Waals surface area contributed by atoms with Crippen molar-refractivity contribution in [2.24, 2.45) is 5.73 Å². The molecule has 0 aromatic heterocycles. The first kappa shape index (κ1) is 16.2. The fourth-order valence-corrected chi connectivity index (χ4v) is 2.79. The lowest BCUT2D eigenvalue weighted by molar-refractivity contribution is 0.589. The van der Waals surface area contributed by atoms with Gasteiger partial charge in [-0.3, -0.25) is 0 Å². The molecule has 0 fully saturated rings. The minimum Gasteiger partial charge on any atom is -0.324 e. The number of nitrogens with two attached hydrogens (primary N) is 1. The van der Waals surface area contributed by atoms with Crippen molar-refractivity contribution in [3.63, 3.8) is 0 Å². The van der Waals surface area contributed by atoms with Crippen molar-refractivity contribution >= 4 is 15.9 Å². The molecule has 2 aromatic carbocycles. The predicted octanol–water partition coefficient (Wildman–Crippen LogP) is 5.13. The Hall–Kier alpha value is -1.19. The van der Waals surface area contributed by atoms with Gasteiger partial charge in [-0.05, 0) is 40.7 Å². The van der Waals surface area contributed by atoms with Gasteiger partial charge in [0.15, 0.2) is 0 Å². The monoisotopic (exact) mass is 349 g/mol. The van der Waals surface area contributed by atoms with E-state index in [0.717, 1.165) is 15.6 Å². The van der Waals surface area contributed by atoms with E-state index in [2.05, 4.69) is 61.0 Å². The fraction of sp³-hybridized carbons (Fsp3) is 0.333. The Morgan fingerprint density at radius 3 is 2.24 bits per heavy atom. The Labute approximate surface area is 134 Å². The minimum atomic E-state index is -0.242. The molecule has 0 saturated heterocycles. The van der Waals surface area contributed by atoms with Gasteiger partial charge in [-0.25, -0.2) is 4.39 Å². The van der Waals surface area contributed by atoms with Gasteiger partial charge in [0, 0.05) is 10.5 Å². The molecule has 2 N–H and O–H groups in total. The van der Waals surface area contributed by atoms with Crippen LogP contribution in [-0.4, -0.2) is 0 Å². The standard InChI is InChI=1S/C18H21BrFN/c1-18(2,3)14-7-4-12(5-8-14)17(21)10-13-6-9-15(20)11-16(13)19/h4-9,11,17H,10,21H2,1-3H3. The highest BCUT2D eigenvalue weighted by Crippen LogP contribution is 2.26. The summed E-state index contributed by atoms with van der Waals surface area (Å²) in [7, 11) is 0. The van der Waals surface area contributed by atoms with Crippen molar-refractivity contribution in [1.82, 2.24) is 0 Å². The van der Waals surface area contributed by atoms with E-state index in [1.54, 1.807) is 6.07 Å². The molecule has 2 aromatic rings. The molecule has 0 aliphatic rings. The van der Waals surface area contributed by atoms with Crippen LogP contribution in [0.2, 0.25) is 0 Å². The molecule has 0 bridgehead atoms. The van der Waals surface area contributed by atoms with Crippen LogP contribution in [0.15, 0.2) is 46.9 Å². The maximum Gasteiger partial charge on any atom is 0.124 e. The lowest BCUT2D eigenvalue weighted by atomic mass is 9.86. The third-order valence-electron chi connectivity index (χ3n) is 3.66. The molecule has 1 nitrogen and oxygen atoms in total. The quantitative estimate of drug-likeness (QED) is 0.816. The van der Waals surface area contributed by atoms with Crippen molar-refractivity contribution in [2.75, 3.05) is 0 Å². The smallest absolute Gasteiger partial charge is 0.124 e. The largest absolute Gasteiger partial charge is 0.324 e. The van der Waals surface area contributed by atoms with Crippen LogP contribution in [0.25, 0.3) is 0 Å². The molecule has 0 spiro atoms. The van der Waals surface area contributed by atoms with Gasteiger partial charge in [0.1, 0.15) is 5.82 Å². The van der Waals surface area contributed by atoms with Crippen LogP contribution < -0.4 is 5.73 Å². The molecule has 0 saturated carbocycles.